The molecule has 0 radical (unpaired) electrons. The Hall–Kier alpha value is -3.49. The van der Waals surface area contributed by atoms with Crippen LogP contribution in [-0.4, -0.2) is 30.6 Å². The van der Waals surface area contributed by atoms with Crippen LogP contribution in [0.3, 0.4) is 0 Å². The van der Waals surface area contributed by atoms with Gasteiger partial charge in [-0.25, -0.2) is 4.79 Å². The van der Waals surface area contributed by atoms with E-state index in [0.717, 1.165) is 28.9 Å². The Morgan fingerprint density at radius 3 is 2.68 bits per heavy atom. The fourth-order valence-corrected chi connectivity index (χ4v) is 2.97. The van der Waals surface area contributed by atoms with E-state index >= 15 is 0 Å². The topological polar surface area (TPSA) is 138 Å². The molecule has 3 rings (SSSR count). The van der Waals surface area contributed by atoms with Crippen molar-refractivity contribution in [2.45, 2.75) is 32.5 Å². The van der Waals surface area contributed by atoms with E-state index < -0.39 is 0 Å². The molecule has 0 fully saturated rings. The second-order valence-corrected chi connectivity index (χ2v) is 6.55. The molecule has 2 aliphatic rings. The molecule has 0 aliphatic carbocycles. The Kier molecular flexibility index (Phi) is 5.83. The summed E-state index contributed by atoms with van der Waals surface area (Å²) in [5, 5.41) is 9.03. The van der Waals surface area contributed by atoms with Crippen molar-refractivity contribution >= 4 is 23.6 Å². The zero-order valence-electron chi connectivity index (χ0n) is 15.7. The highest BCUT2D eigenvalue weighted by atomic mass is 16.2. The van der Waals surface area contributed by atoms with E-state index in [4.69, 9.17) is 11.5 Å². The third-order valence-electron chi connectivity index (χ3n) is 4.49. The normalized spacial score (nSPS) is 17.7. The lowest BCUT2D eigenvalue weighted by Crippen LogP contribution is -2.51. The first kappa shape index (κ1) is 19.3. The predicted octanol–water partition coefficient (Wildman–Crippen LogP) is 0.603. The molecule has 2 heterocycles. The summed E-state index contributed by atoms with van der Waals surface area (Å²) in [6, 6.07) is 7.27. The van der Waals surface area contributed by atoms with Gasteiger partial charge in [-0.2, -0.15) is 0 Å². The molecular formula is C19H25N7O2. The van der Waals surface area contributed by atoms with Gasteiger partial charge in [0.1, 0.15) is 6.17 Å². The van der Waals surface area contributed by atoms with Crippen LogP contribution in [0, 0.1) is 0 Å². The Bertz CT molecular complexity index is 838. The summed E-state index contributed by atoms with van der Waals surface area (Å²) in [6.07, 6.45) is 4.85. The van der Waals surface area contributed by atoms with Gasteiger partial charge in [-0.05, 0) is 30.2 Å². The number of allylic oxidation sites excluding steroid dienone is 1. The van der Waals surface area contributed by atoms with Crippen LogP contribution in [0.5, 0.6) is 0 Å². The molecule has 1 unspecified atom stereocenters. The molecule has 0 saturated carbocycles. The average molecular weight is 383 g/mol. The highest BCUT2D eigenvalue weighted by Crippen LogP contribution is 2.25. The molecular weight excluding hydrogens is 358 g/mol. The number of urea groups is 1. The molecule has 148 valence electrons. The number of amides is 3. The summed E-state index contributed by atoms with van der Waals surface area (Å²) >= 11 is 0. The quantitative estimate of drug-likeness (QED) is 0.347. The molecule has 2 aliphatic heterocycles. The molecule has 1 aromatic rings. The van der Waals surface area contributed by atoms with E-state index in [1.807, 2.05) is 30.5 Å². The molecule has 9 heteroatoms. The van der Waals surface area contributed by atoms with E-state index in [1.54, 1.807) is 4.90 Å². The van der Waals surface area contributed by atoms with E-state index in [9.17, 15) is 9.59 Å². The van der Waals surface area contributed by atoms with Crippen molar-refractivity contribution in [2.24, 2.45) is 16.5 Å². The van der Waals surface area contributed by atoms with Crippen LogP contribution in [0.25, 0.3) is 0 Å². The van der Waals surface area contributed by atoms with Crippen molar-refractivity contribution in [1.82, 2.24) is 16.0 Å². The maximum Gasteiger partial charge on any atom is 0.327 e. The Morgan fingerprint density at radius 2 is 2.00 bits per heavy atom. The molecule has 7 N–H and O–H groups in total. The van der Waals surface area contributed by atoms with Gasteiger partial charge >= 0.3 is 6.03 Å². The number of nitrogens with two attached hydrogens (primary N) is 2. The number of aliphatic imine (C=N–C) groups is 1. The number of rotatable bonds is 7. The van der Waals surface area contributed by atoms with Crippen molar-refractivity contribution in [3.63, 3.8) is 0 Å². The summed E-state index contributed by atoms with van der Waals surface area (Å²) in [6.45, 7) is 2.72. The van der Waals surface area contributed by atoms with Gasteiger partial charge in [0.15, 0.2) is 5.96 Å². The minimum absolute atomic E-state index is 0.0266. The Labute approximate surface area is 163 Å². The number of fused-ring (bicyclic) bond motifs is 1. The first-order chi connectivity index (χ1) is 13.5. The van der Waals surface area contributed by atoms with Crippen molar-refractivity contribution < 1.29 is 9.59 Å². The lowest BCUT2D eigenvalue weighted by Gasteiger charge is -2.29. The molecule has 1 atom stereocenters. The highest BCUT2D eigenvalue weighted by Gasteiger charge is 2.30. The number of anilines is 1. The van der Waals surface area contributed by atoms with Crippen LogP contribution in [-0.2, 0) is 11.3 Å². The summed E-state index contributed by atoms with van der Waals surface area (Å²) < 4.78 is 0. The SMILES string of the molecule is CCC1=CC2=CN(c3ccc(CNC(=O)CCN=C(N)N)cc3)C(=O)NC2N1. The predicted molar refractivity (Wildman–Crippen MR) is 108 cm³/mol. The number of nitrogens with one attached hydrogen (secondary N) is 3. The fourth-order valence-electron chi connectivity index (χ4n) is 2.97. The van der Waals surface area contributed by atoms with Gasteiger partial charge in [-0.15, -0.1) is 0 Å². The summed E-state index contributed by atoms with van der Waals surface area (Å²) in [5.41, 5.74) is 14.3. The van der Waals surface area contributed by atoms with Gasteiger partial charge < -0.3 is 27.4 Å². The third-order valence-corrected chi connectivity index (χ3v) is 4.49. The molecule has 3 amide bonds. The number of carbonyl (C=O) groups excluding carboxylic acids is 2. The first-order valence-electron chi connectivity index (χ1n) is 9.16. The van der Waals surface area contributed by atoms with E-state index in [1.165, 1.54) is 0 Å². The van der Waals surface area contributed by atoms with Crippen LogP contribution in [0.2, 0.25) is 0 Å². The summed E-state index contributed by atoms with van der Waals surface area (Å²) in [4.78, 5) is 29.5. The standard InChI is InChI=1S/C19H25N7O2/c1-2-14-9-13-11-26(19(28)25-17(13)24-14)15-5-3-12(4-6-15)10-23-16(27)7-8-22-18(20)21/h3-6,9,11,17,24H,2,7-8,10H2,1H3,(H,23,27)(H,25,28)(H4,20,21,22). The largest absolute Gasteiger partial charge is 0.370 e. The van der Waals surface area contributed by atoms with Crippen LogP contribution in [0.1, 0.15) is 25.3 Å². The van der Waals surface area contributed by atoms with Crippen LogP contribution >= 0.6 is 0 Å². The van der Waals surface area contributed by atoms with Gasteiger partial charge in [-0.3, -0.25) is 14.7 Å². The van der Waals surface area contributed by atoms with Gasteiger partial charge in [-0.1, -0.05) is 19.1 Å². The van der Waals surface area contributed by atoms with Crippen molar-refractivity contribution in [3.05, 3.63) is 53.4 Å². The maximum atomic E-state index is 12.4. The second kappa shape index (κ2) is 8.47. The minimum atomic E-state index is -0.187. The van der Waals surface area contributed by atoms with E-state index in [2.05, 4.69) is 33.9 Å². The highest BCUT2D eigenvalue weighted by molar-refractivity contribution is 5.96. The number of hydrogen-bond donors (Lipinski definition) is 5. The molecule has 0 bridgehead atoms. The third kappa shape index (κ3) is 4.61. The molecule has 0 spiro atoms. The molecule has 1 aromatic carbocycles. The smallest absolute Gasteiger partial charge is 0.327 e. The zero-order valence-corrected chi connectivity index (χ0v) is 15.7. The van der Waals surface area contributed by atoms with Crippen LogP contribution in [0.15, 0.2) is 52.8 Å². The molecule has 0 aromatic heterocycles. The van der Waals surface area contributed by atoms with Crippen LogP contribution < -0.4 is 32.3 Å². The number of guanidine groups is 1. The lowest BCUT2D eigenvalue weighted by molar-refractivity contribution is -0.121. The van der Waals surface area contributed by atoms with Crippen molar-refractivity contribution in [3.8, 4) is 0 Å². The Balaban J connectivity index is 1.59. The Morgan fingerprint density at radius 1 is 1.25 bits per heavy atom. The maximum absolute atomic E-state index is 12.4. The van der Waals surface area contributed by atoms with Crippen molar-refractivity contribution in [2.75, 3.05) is 11.4 Å². The second-order valence-electron chi connectivity index (χ2n) is 6.55. The monoisotopic (exact) mass is 383 g/mol. The number of benzene rings is 1. The fraction of sp³-hybridized carbons (Fsp3) is 0.316. The number of hydrogen-bond acceptors (Lipinski definition) is 4. The van der Waals surface area contributed by atoms with Gasteiger partial charge in [0.05, 0.1) is 12.2 Å². The minimum Gasteiger partial charge on any atom is -0.370 e. The summed E-state index contributed by atoms with van der Waals surface area (Å²) in [5.74, 6) is -0.159. The molecule has 0 saturated heterocycles. The lowest BCUT2D eigenvalue weighted by atomic mass is 10.1. The number of carbonyl (C=O) groups is 2. The molecule has 28 heavy (non-hydrogen) atoms. The van der Waals surface area contributed by atoms with Crippen LogP contribution in [0.4, 0.5) is 10.5 Å². The summed E-state index contributed by atoms with van der Waals surface area (Å²) in [7, 11) is 0. The number of nitrogens with zero attached hydrogens (tertiary/aromatic N) is 2. The van der Waals surface area contributed by atoms with Crippen molar-refractivity contribution in [1.29, 1.82) is 0 Å². The van der Waals surface area contributed by atoms with Gasteiger partial charge in [0.25, 0.3) is 0 Å². The van der Waals surface area contributed by atoms with Gasteiger partial charge in [0.2, 0.25) is 5.91 Å². The first-order valence-corrected chi connectivity index (χ1v) is 9.16. The van der Waals surface area contributed by atoms with Gasteiger partial charge in [0, 0.05) is 30.4 Å². The van der Waals surface area contributed by atoms with E-state index in [0.29, 0.717) is 6.54 Å². The van der Waals surface area contributed by atoms with E-state index in [-0.39, 0.29) is 37.0 Å². The average Bonchev–Trinajstić information content (AvgIpc) is 3.08. The molecule has 9 nitrogen and oxygen atoms in total. The zero-order chi connectivity index (χ0) is 20.1.